The first-order valence-electron chi connectivity index (χ1n) is 7.24. The minimum absolute atomic E-state index is 0.420. The summed E-state index contributed by atoms with van der Waals surface area (Å²) >= 11 is 0. The number of amides is 1. The van der Waals surface area contributed by atoms with Crippen LogP contribution in [-0.4, -0.2) is 11.9 Å². The fourth-order valence-corrected chi connectivity index (χ4v) is 2.43. The van der Waals surface area contributed by atoms with Crippen LogP contribution < -0.4 is 16.7 Å². The first-order valence-corrected chi connectivity index (χ1v) is 7.24. The molecular formula is C18H16N2O3. The third-order valence-electron chi connectivity index (χ3n) is 3.64. The number of hydrogen-bond donors (Lipinski definition) is 2. The van der Waals surface area contributed by atoms with Gasteiger partial charge in [-0.15, -0.1) is 0 Å². The molecule has 3 aromatic rings. The van der Waals surface area contributed by atoms with Crippen molar-refractivity contribution in [2.24, 2.45) is 5.73 Å². The largest absolute Gasteiger partial charge is 0.423 e. The SMILES string of the molecule is CC(Nc1ccc2c(-c3ccccc3)cc(=O)oc2c1)C(N)=O. The lowest BCUT2D eigenvalue weighted by Crippen LogP contribution is -2.32. The van der Waals surface area contributed by atoms with Crippen LogP contribution in [0.25, 0.3) is 22.1 Å². The molecule has 0 spiro atoms. The van der Waals surface area contributed by atoms with Gasteiger partial charge in [0.15, 0.2) is 0 Å². The molecule has 2 aromatic carbocycles. The molecule has 0 fully saturated rings. The van der Waals surface area contributed by atoms with Gasteiger partial charge in [-0.3, -0.25) is 4.79 Å². The molecule has 116 valence electrons. The van der Waals surface area contributed by atoms with E-state index in [9.17, 15) is 9.59 Å². The van der Waals surface area contributed by atoms with Crippen molar-refractivity contribution in [1.82, 2.24) is 0 Å². The van der Waals surface area contributed by atoms with Crippen molar-refractivity contribution in [2.75, 3.05) is 5.32 Å². The van der Waals surface area contributed by atoms with E-state index in [1.165, 1.54) is 6.07 Å². The van der Waals surface area contributed by atoms with Crippen molar-refractivity contribution in [3.8, 4) is 11.1 Å². The maximum Gasteiger partial charge on any atom is 0.336 e. The number of carbonyl (C=O) groups excluding carboxylic acids is 1. The number of anilines is 1. The van der Waals surface area contributed by atoms with Crippen LogP contribution in [0.5, 0.6) is 0 Å². The lowest BCUT2D eigenvalue weighted by atomic mass is 10.0. The molecule has 5 nitrogen and oxygen atoms in total. The molecule has 0 aliphatic carbocycles. The van der Waals surface area contributed by atoms with Gasteiger partial charge in [0.05, 0.1) is 0 Å². The average Bonchev–Trinajstić information content (AvgIpc) is 2.54. The highest BCUT2D eigenvalue weighted by Crippen LogP contribution is 2.28. The van der Waals surface area contributed by atoms with E-state index in [2.05, 4.69) is 5.32 Å². The Morgan fingerprint density at radius 3 is 2.57 bits per heavy atom. The average molecular weight is 308 g/mol. The molecule has 5 heteroatoms. The molecule has 1 heterocycles. The number of carbonyl (C=O) groups is 1. The molecule has 3 N–H and O–H groups in total. The zero-order chi connectivity index (χ0) is 16.4. The number of primary amides is 1. The van der Waals surface area contributed by atoms with Crippen LogP contribution in [0.3, 0.4) is 0 Å². The second-order valence-electron chi connectivity index (χ2n) is 5.32. The van der Waals surface area contributed by atoms with Gasteiger partial charge in [0.25, 0.3) is 0 Å². The third-order valence-corrected chi connectivity index (χ3v) is 3.64. The third kappa shape index (κ3) is 3.08. The molecular weight excluding hydrogens is 292 g/mol. The van der Waals surface area contributed by atoms with Crippen molar-refractivity contribution in [3.63, 3.8) is 0 Å². The summed E-state index contributed by atoms with van der Waals surface area (Å²) < 4.78 is 5.29. The molecule has 23 heavy (non-hydrogen) atoms. The maximum atomic E-state index is 11.9. The van der Waals surface area contributed by atoms with E-state index >= 15 is 0 Å². The smallest absolute Gasteiger partial charge is 0.336 e. The van der Waals surface area contributed by atoms with Crippen molar-refractivity contribution in [2.45, 2.75) is 13.0 Å². The molecule has 0 aliphatic heterocycles. The van der Waals surface area contributed by atoms with Crippen LogP contribution in [0.4, 0.5) is 5.69 Å². The van der Waals surface area contributed by atoms with Gasteiger partial charge in [-0.05, 0) is 30.2 Å². The van der Waals surface area contributed by atoms with Crippen molar-refractivity contribution >= 4 is 22.6 Å². The first-order chi connectivity index (χ1) is 11.0. The zero-order valence-electron chi connectivity index (χ0n) is 12.6. The predicted molar refractivity (Wildman–Crippen MR) is 90.2 cm³/mol. The summed E-state index contributed by atoms with van der Waals surface area (Å²) in [5.74, 6) is -0.454. The van der Waals surface area contributed by atoms with Crippen LogP contribution in [0.1, 0.15) is 6.92 Å². The Hall–Kier alpha value is -3.08. The zero-order valence-corrected chi connectivity index (χ0v) is 12.6. The molecule has 0 radical (unpaired) electrons. The minimum Gasteiger partial charge on any atom is -0.423 e. The number of rotatable bonds is 4. The van der Waals surface area contributed by atoms with Crippen molar-refractivity contribution in [3.05, 3.63) is 65.0 Å². The Morgan fingerprint density at radius 2 is 1.87 bits per heavy atom. The van der Waals surface area contributed by atoms with Crippen LogP contribution in [0.2, 0.25) is 0 Å². The maximum absolute atomic E-state index is 11.9. The molecule has 0 bridgehead atoms. The number of nitrogens with one attached hydrogen (secondary N) is 1. The van der Waals surface area contributed by atoms with E-state index in [-0.39, 0.29) is 0 Å². The van der Waals surface area contributed by atoms with Gasteiger partial charge in [-0.1, -0.05) is 30.3 Å². The Kier molecular flexibility index (Phi) is 3.85. The Balaban J connectivity index is 2.11. The van der Waals surface area contributed by atoms with Crippen LogP contribution in [-0.2, 0) is 4.79 Å². The summed E-state index contributed by atoms with van der Waals surface area (Å²) in [5.41, 5.74) is 7.70. The lowest BCUT2D eigenvalue weighted by Gasteiger charge is -2.12. The summed E-state index contributed by atoms with van der Waals surface area (Å²) in [6.45, 7) is 1.67. The van der Waals surface area contributed by atoms with E-state index in [4.69, 9.17) is 10.2 Å². The van der Waals surface area contributed by atoms with Crippen molar-refractivity contribution in [1.29, 1.82) is 0 Å². The van der Waals surface area contributed by atoms with Crippen LogP contribution >= 0.6 is 0 Å². The quantitative estimate of drug-likeness (QED) is 0.726. The Bertz CT molecular complexity index is 916. The molecule has 0 saturated carbocycles. The van der Waals surface area contributed by atoms with E-state index in [1.54, 1.807) is 13.0 Å². The van der Waals surface area contributed by atoms with Gasteiger partial charge < -0.3 is 15.5 Å². The van der Waals surface area contributed by atoms with E-state index in [0.717, 1.165) is 16.5 Å². The van der Waals surface area contributed by atoms with E-state index < -0.39 is 17.6 Å². The fourth-order valence-electron chi connectivity index (χ4n) is 2.43. The standard InChI is InChI=1S/C18H16N2O3/c1-11(18(19)22)20-13-7-8-14-15(12-5-3-2-4-6-12)10-17(21)23-16(14)9-13/h2-11,20H,1H3,(H2,19,22). The van der Waals surface area contributed by atoms with Gasteiger partial charge in [-0.25, -0.2) is 4.79 Å². The summed E-state index contributed by atoms with van der Waals surface area (Å²) in [4.78, 5) is 23.0. The minimum atomic E-state index is -0.517. The molecule has 1 atom stereocenters. The Morgan fingerprint density at radius 1 is 1.13 bits per heavy atom. The fraction of sp³-hybridized carbons (Fsp3) is 0.111. The lowest BCUT2D eigenvalue weighted by molar-refractivity contribution is -0.118. The van der Waals surface area contributed by atoms with Gasteiger partial charge in [0.2, 0.25) is 5.91 Å². The number of benzene rings is 2. The van der Waals surface area contributed by atoms with Crippen molar-refractivity contribution < 1.29 is 9.21 Å². The highest BCUT2D eigenvalue weighted by molar-refractivity contribution is 5.95. The van der Waals surface area contributed by atoms with E-state index in [0.29, 0.717) is 11.3 Å². The second kappa shape index (κ2) is 5.96. The summed E-state index contributed by atoms with van der Waals surface area (Å²) in [7, 11) is 0. The molecule has 0 aliphatic rings. The normalized spacial score (nSPS) is 12.0. The van der Waals surface area contributed by atoms with Crippen LogP contribution in [0, 0.1) is 0 Å². The highest BCUT2D eigenvalue weighted by Gasteiger charge is 2.11. The van der Waals surface area contributed by atoms with Gasteiger partial charge in [0.1, 0.15) is 11.6 Å². The Labute approximate surface area is 132 Å². The number of nitrogens with two attached hydrogens (primary N) is 1. The molecule has 3 rings (SSSR count). The number of fused-ring (bicyclic) bond motifs is 1. The molecule has 1 amide bonds. The monoisotopic (exact) mass is 308 g/mol. The molecule has 0 saturated heterocycles. The summed E-state index contributed by atoms with van der Waals surface area (Å²) in [6.07, 6.45) is 0. The van der Waals surface area contributed by atoms with Gasteiger partial charge >= 0.3 is 5.63 Å². The predicted octanol–water partition coefficient (Wildman–Crippen LogP) is 2.75. The van der Waals surface area contributed by atoms with Crippen LogP contribution in [0.15, 0.2) is 63.8 Å². The first kappa shape index (κ1) is 14.8. The van der Waals surface area contributed by atoms with E-state index in [1.807, 2.05) is 42.5 Å². The second-order valence-corrected chi connectivity index (χ2v) is 5.32. The summed E-state index contributed by atoms with van der Waals surface area (Å²) in [6, 6.07) is 16.0. The topological polar surface area (TPSA) is 85.3 Å². The van der Waals surface area contributed by atoms with Gasteiger partial charge in [0, 0.05) is 23.2 Å². The number of hydrogen-bond acceptors (Lipinski definition) is 4. The van der Waals surface area contributed by atoms with Gasteiger partial charge in [-0.2, -0.15) is 0 Å². The highest BCUT2D eigenvalue weighted by atomic mass is 16.4. The summed E-state index contributed by atoms with van der Waals surface area (Å²) in [5, 5.41) is 3.80. The molecule has 1 aromatic heterocycles. The molecule has 1 unspecified atom stereocenters.